The van der Waals surface area contributed by atoms with Gasteiger partial charge in [0, 0.05) is 13.0 Å². The highest BCUT2D eigenvalue weighted by Gasteiger charge is 2.11. The quantitative estimate of drug-likeness (QED) is 0.669. The second-order valence-electron chi connectivity index (χ2n) is 4.82. The van der Waals surface area contributed by atoms with Gasteiger partial charge in [-0.05, 0) is 18.8 Å². The summed E-state index contributed by atoms with van der Waals surface area (Å²) in [7, 11) is 0. The number of carbonyl (C=O) groups is 2. The van der Waals surface area contributed by atoms with Crippen LogP contribution < -0.4 is 5.32 Å². The Morgan fingerprint density at radius 1 is 1.35 bits per heavy atom. The van der Waals surface area contributed by atoms with Crippen molar-refractivity contribution in [1.29, 1.82) is 0 Å². The highest BCUT2D eigenvalue weighted by molar-refractivity contribution is 5.75. The topological polar surface area (TPSA) is 97.1 Å². The van der Waals surface area contributed by atoms with Crippen molar-refractivity contribution in [2.45, 2.75) is 45.6 Å². The molecule has 0 aliphatic heterocycles. The molecule has 1 aromatic rings. The number of nitrogens with zero attached hydrogens (tertiary/aromatic N) is 3. The molecule has 1 unspecified atom stereocenters. The van der Waals surface area contributed by atoms with Crippen molar-refractivity contribution in [3.8, 4) is 0 Å². The molecule has 0 saturated carbocycles. The van der Waals surface area contributed by atoms with Crippen LogP contribution in [0.5, 0.6) is 0 Å². The molecule has 1 aromatic heterocycles. The molecule has 0 bridgehead atoms. The van der Waals surface area contributed by atoms with E-state index >= 15 is 0 Å². The van der Waals surface area contributed by atoms with Crippen molar-refractivity contribution in [3.05, 3.63) is 12.7 Å². The lowest BCUT2D eigenvalue weighted by atomic mass is 9.94. The summed E-state index contributed by atoms with van der Waals surface area (Å²) < 4.78 is 1.46. The van der Waals surface area contributed by atoms with Gasteiger partial charge in [0.15, 0.2) is 0 Å². The van der Waals surface area contributed by atoms with E-state index in [2.05, 4.69) is 22.3 Å². The Labute approximate surface area is 118 Å². The van der Waals surface area contributed by atoms with Gasteiger partial charge in [-0.25, -0.2) is 9.67 Å². The van der Waals surface area contributed by atoms with Crippen LogP contribution in [0.1, 0.15) is 39.0 Å². The van der Waals surface area contributed by atoms with Gasteiger partial charge in [-0.2, -0.15) is 5.10 Å². The normalized spacial score (nSPS) is 12.1. The van der Waals surface area contributed by atoms with E-state index in [1.54, 1.807) is 0 Å². The molecule has 0 radical (unpaired) electrons. The second kappa shape index (κ2) is 9.06. The Morgan fingerprint density at radius 3 is 2.75 bits per heavy atom. The predicted octanol–water partition coefficient (Wildman–Crippen LogP) is 1.07. The van der Waals surface area contributed by atoms with Gasteiger partial charge in [0.2, 0.25) is 5.91 Å². The third-order valence-corrected chi connectivity index (χ3v) is 3.11. The first-order valence-electron chi connectivity index (χ1n) is 6.92. The molecule has 20 heavy (non-hydrogen) atoms. The van der Waals surface area contributed by atoms with E-state index in [9.17, 15) is 9.59 Å². The Balaban J connectivity index is 2.21. The lowest BCUT2D eigenvalue weighted by Gasteiger charge is -2.15. The third-order valence-electron chi connectivity index (χ3n) is 3.11. The molecule has 0 aromatic carbocycles. The first-order valence-corrected chi connectivity index (χ1v) is 6.92. The van der Waals surface area contributed by atoms with Crippen LogP contribution in [0.25, 0.3) is 0 Å². The van der Waals surface area contributed by atoms with Gasteiger partial charge in [-0.1, -0.05) is 19.8 Å². The predicted molar refractivity (Wildman–Crippen MR) is 72.9 cm³/mol. The van der Waals surface area contributed by atoms with Gasteiger partial charge >= 0.3 is 5.97 Å². The maximum Gasteiger partial charge on any atom is 0.303 e. The summed E-state index contributed by atoms with van der Waals surface area (Å²) in [5.41, 5.74) is 0. The van der Waals surface area contributed by atoms with Crippen molar-refractivity contribution in [2.24, 2.45) is 5.92 Å². The minimum Gasteiger partial charge on any atom is -0.481 e. The summed E-state index contributed by atoms with van der Waals surface area (Å²) >= 11 is 0. The van der Waals surface area contributed by atoms with Crippen molar-refractivity contribution in [1.82, 2.24) is 20.1 Å². The number of nitrogens with one attached hydrogen (secondary N) is 1. The number of hydrogen-bond donors (Lipinski definition) is 2. The second-order valence-corrected chi connectivity index (χ2v) is 4.82. The summed E-state index contributed by atoms with van der Waals surface area (Å²) in [5.74, 6) is -0.520. The molecular formula is C13H22N4O3. The van der Waals surface area contributed by atoms with E-state index in [0.717, 1.165) is 19.3 Å². The summed E-state index contributed by atoms with van der Waals surface area (Å²) in [4.78, 5) is 26.0. The molecule has 0 spiro atoms. The van der Waals surface area contributed by atoms with Gasteiger partial charge < -0.3 is 10.4 Å². The van der Waals surface area contributed by atoms with Gasteiger partial charge in [0.1, 0.15) is 19.2 Å². The van der Waals surface area contributed by atoms with E-state index in [1.807, 2.05) is 0 Å². The van der Waals surface area contributed by atoms with Crippen LogP contribution in [0.2, 0.25) is 0 Å². The monoisotopic (exact) mass is 282 g/mol. The minimum absolute atomic E-state index is 0.107. The number of carboxylic acids is 1. The third kappa shape index (κ3) is 6.86. The van der Waals surface area contributed by atoms with Crippen LogP contribution in [-0.2, 0) is 16.1 Å². The average Bonchev–Trinajstić information content (AvgIpc) is 2.88. The number of hydrogen-bond acceptors (Lipinski definition) is 4. The largest absolute Gasteiger partial charge is 0.481 e. The van der Waals surface area contributed by atoms with Crippen molar-refractivity contribution in [2.75, 3.05) is 6.54 Å². The summed E-state index contributed by atoms with van der Waals surface area (Å²) in [6.07, 6.45) is 6.57. The average molecular weight is 282 g/mol. The maximum atomic E-state index is 11.6. The molecular weight excluding hydrogens is 260 g/mol. The summed E-state index contributed by atoms with van der Waals surface area (Å²) in [6, 6.07) is 0. The molecule has 1 rings (SSSR count). The standard InChI is InChI=1S/C13H22N4O3/c1-2-3-11(4-5-13(19)20)6-7-15-12(18)8-17-10-14-9-16-17/h9-11H,2-8H2,1H3,(H,15,18)(H,19,20). The summed E-state index contributed by atoms with van der Waals surface area (Å²) in [6.45, 7) is 2.81. The van der Waals surface area contributed by atoms with Crippen LogP contribution in [0.4, 0.5) is 0 Å². The molecule has 0 aliphatic rings. The van der Waals surface area contributed by atoms with Gasteiger partial charge in [0.05, 0.1) is 0 Å². The number of carboxylic acid groups (broad SMARTS) is 1. The van der Waals surface area contributed by atoms with Gasteiger partial charge in [0.25, 0.3) is 0 Å². The molecule has 0 fully saturated rings. The molecule has 7 heteroatoms. The Morgan fingerprint density at radius 2 is 2.15 bits per heavy atom. The van der Waals surface area contributed by atoms with Crippen LogP contribution in [0.3, 0.4) is 0 Å². The van der Waals surface area contributed by atoms with E-state index in [1.165, 1.54) is 17.3 Å². The van der Waals surface area contributed by atoms with Gasteiger partial charge in [-0.3, -0.25) is 9.59 Å². The fourth-order valence-corrected chi connectivity index (χ4v) is 2.10. The number of aromatic nitrogens is 3. The van der Waals surface area contributed by atoms with Crippen LogP contribution in [-0.4, -0.2) is 38.3 Å². The van der Waals surface area contributed by atoms with Crippen molar-refractivity contribution < 1.29 is 14.7 Å². The zero-order valence-electron chi connectivity index (χ0n) is 11.8. The fourth-order valence-electron chi connectivity index (χ4n) is 2.10. The van der Waals surface area contributed by atoms with Crippen molar-refractivity contribution in [3.63, 3.8) is 0 Å². The molecule has 2 N–H and O–H groups in total. The Bertz CT molecular complexity index is 406. The number of aliphatic carboxylic acids is 1. The first-order chi connectivity index (χ1) is 9.61. The molecule has 112 valence electrons. The van der Waals surface area contributed by atoms with E-state index in [0.29, 0.717) is 18.9 Å². The fraction of sp³-hybridized carbons (Fsp3) is 0.692. The maximum absolute atomic E-state index is 11.6. The lowest BCUT2D eigenvalue weighted by molar-refractivity contribution is -0.137. The highest BCUT2D eigenvalue weighted by Crippen LogP contribution is 2.17. The molecule has 7 nitrogen and oxygen atoms in total. The zero-order valence-corrected chi connectivity index (χ0v) is 11.8. The first kappa shape index (κ1) is 16.1. The Kier molecular flexibility index (Phi) is 7.31. The molecule has 1 atom stereocenters. The SMILES string of the molecule is CCCC(CCNC(=O)Cn1cncn1)CCC(=O)O. The van der Waals surface area contributed by atoms with Crippen molar-refractivity contribution >= 4 is 11.9 Å². The number of rotatable bonds is 10. The molecule has 0 saturated heterocycles. The number of carbonyl (C=O) groups excluding carboxylic acids is 1. The molecule has 0 aliphatic carbocycles. The van der Waals surface area contributed by atoms with Crippen LogP contribution >= 0.6 is 0 Å². The number of amides is 1. The smallest absolute Gasteiger partial charge is 0.303 e. The lowest BCUT2D eigenvalue weighted by Crippen LogP contribution is -2.29. The molecule has 1 amide bonds. The van der Waals surface area contributed by atoms with E-state index < -0.39 is 5.97 Å². The van der Waals surface area contributed by atoms with E-state index in [-0.39, 0.29) is 18.9 Å². The van der Waals surface area contributed by atoms with E-state index in [4.69, 9.17) is 5.11 Å². The van der Waals surface area contributed by atoms with Crippen LogP contribution in [0, 0.1) is 5.92 Å². The van der Waals surface area contributed by atoms with Gasteiger partial charge in [-0.15, -0.1) is 0 Å². The molecule has 1 heterocycles. The summed E-state index contributed by atoms with van der Waals surface area (Å²) in [5, 5.41) is 15.4. The van der Waals surface area contributed by atoms with Crippen LogP contribution in [0.15, 0.2) is 12.7 Å². The highest BCUT2D eigenvalue weighted by atomic mass is 16.4. The zero-order chi connectivity index (χ0) is 14.8. The minimum atomic E-state index is -0.763. The Hall–Kier alpha value is -1.92.